The summed E-state index contributed by atoms with van der Waals surface area (Å²) < 4.78 is 1.69. The first-order valence-electron chi connectivity index (χ1n) is 6.56. The number of likely N-dealkylation sites (tertiary alicyclic amines) is 1. The SMILES string of the molecule is Cc1nn(C)cc1C(=O)N1CCCC(C)C1CN. The van der Waals surface area contributed by atoms with Gasteiger partial charge in [0.2, 0.25) is 0 Å². The second-order valence-corrected chi connectivity index (χ2v) is 5.22. The van der Waals surface area contributed by atoms with Gasteiger partial charge in [-0.05, 0) is 25.7 Å². The molecule has 2 heterocycles. The number of nitrogens with two attached hydrogens (primary N) is 1. The molecule has 0 radical (unpaired) electrons. The van der Waals surface area contributed by atoms with Crippen molar-refractivity contribution in [3.63, 3.8) is 0 Å². The van der Waals surface area contributed by atoms with Gasteiger partial charge >= 0.3 is 0 Å². The molecule has 1 aliphatic heterocycles. The van der Waals surface area contributed by atoms with E-state index in [9.17, 15) is 4.79 Å². The van der Waals surface area contributed by atoms with E-state index in [2.05, 4.69) is 12.0 Å². The van der Waals surface area contributed by atoms with Crippen LogP contribution in [0.15, 0.2) is 6.20 Å². The Kier molecular flexibility index (Phi) is 3.71. The van der Waals surface area contributed by atoms with E-state index in [0.29, 0.717) is 18.0 Å². The van der Waals surface area contributed by atoms with Crippen molar-refractivity contribution in [3.8, 4) is 0 Å². The molecule has 1 aromatic heterocycles. The van der Waals surface area contributed by atoms with Gasteiger partial charge in [-0.3, -0.25) is 9.48 Å². The highest BCUT2D eigenvalue weighted by molar-refractivity contribution is 5.95. The molecule has 0 saturated carbocycles. The summed E-state index contributed by atoms with van der Waals surface area (Å²) in [7, 11) is 1.84. The average molecular weight is 250 g/mol. The minimum Gasteiger partial charge on any atom is -0.334 e. The zero-order valence-corrected chi connectivity index (χ0v) is 11.4. The van der Waals surface area contributed by atoms with E-state index in [-0.39, 0.29) is 11.9 Å². The molecule has 1 amide bonds. The molecule has 1 saturated heterocycles. The monoisotopic (exact) mass is 250 g/mol. The first-order valence-corrected chi connectivity index (χ1v) is 6.56. The van der Waals surface area contributed by atoms with Gasteiger partial charge in [0.15, 0.2) is 0 Å². The number of carbonyl (C=O) groups is 1. The largest absolute Gasteiger partial charge is 0.334 e. The van der Waals surface area contributed by atoms with Crippen molar-refractivity contribution in [2.24, 2.45) is 18.7 Å². The number of aromatic nitrogens is 2. The number of piperidine rings is 1. The van der Waals surface area contributed by atoms with Gasteiger partial charge in [-0.1, -0.05) is 6.92 Å². The molecule has 0 spiro atoms. The van der Waals surface area contributed by atoms with E-state index in [1.807, 2.05) is 18.9 Å². The molecule has 2 unspecified atom stereocenters. The summed E-state index contributed by atoms with van der Waals surface area (Å²) in [5, 5.41) is 4.23. The molecule has 100 valence electrons. The third-order valence-electron chi connectivity index (χ3n) is 3.86. The maximum absolute atomic E-state index is 12.6. The third-order valence-corrected chi connectivity index (χ3v) is 3.86. The topological polar surface area (TPSA) is 64.2 Å². The maximum atomic E-state index is 12.6. The van der Waals surface area contributed by atoms with Crippen LogP contribution >= 0.6 is 0 Å². The molecule has 2 rings (SSSR count). The minimum atomic E-state index is 0.0719. The van der Waals surface area contributed by atoms with E-state index in [4.69, 9.17) is 5.73 Å². The van der Waals surface area contributed by atoms with Crippen LogP contribution in [0.5, 0.6) is 0 Å². The first kappa shape index (κ1) is 13.1. The van der Waals surface area contributed by atoms with E-state index in [1.165, 1.54) is 0 Å². The molecule has 0 aliphatic carbocycles. The maximum Gasteiger partial charge on any atom is 0.257 e. The van der Waals surface area contributed by atoms with Crippen LogP contribution in [0.3, 0.4) is 0 Å². The number of aryl methyl sites for hydroxylation is 2. The fraction of sp³-hybridized carbons (Fsp3) is 0.692. The number of amides is 1. The van der Waals surface area contributed by atoms with Crippen molar-refractivity contribution >= 4 is 5.91 Å². The predicted octanol–water partition coefficient (Wildman–Crippen LogP) is 0.928. The molecule has 1 aliphatic rings. The summed E-state index contributed by atoms with van der Waals surface area (Å²) in [5.74, 6) is 0.548. The molecule has 1 fully saturated rings. The van der Waals surface area contributed by atoms with Gasteiger partial charge in [-0.2, -0.15) is 5.10 Å². The molecule has 1 aromatic rings. The van der Waals surface area contributed by atoms with Crippen molar-refractivity contribution in [1.82, 2.24) is 14.7 Å². The molecular formula is C13H22N4O. The summed E-state index contributed by atoms with van der Waals surface area (Å²) in [6.07, 6.45) is 4.00. The van der Waals surface area contributed by atoms with Gasteiger partial charge in [-0.15, -0.1) is 0 Å². The Labute approximate surface area is 108 Å². The van der Waals surface area contributed by atoms with Crippen LogP contribution in [0.4, 0.5) is 0 Å². The molecule has 18 heavy (non-hydrogen) atoms. The lowest BCUT2D eigenvalue weighted by Gasteiger charge is -2.39. The summed E-state index contributed by atoms with van der Waals surface area (Å²) in [6, 6.07) is 0.158. The van der Waals surface area contributed by atoms with Crippen molar-refractivity contribution in [2.75, 3.05) is 13.1 Å². The lowest BCUT2D eigenvalue weighted by atomic mass is 9.90. The number of rotatable bonds is 2. The highest BCUT2D eigenvalue weighted by Gasteiger charge is 2.32. The molecule has 0 bridgehead atoms. The fourth-order valence-electron chi connectivity index (χ4n) is 2.82. The molecule has 2 N–H and O–H groups in total. The Morgan fingerprint density at radius 1 is 1.61 bits per heavy atom. The molecule has 5 heteroatoms. The van der Waals surface area contributed by atoms with Gasteiger partial charge in [0.05, 0.1) is 11.3 Å². The van der Waals surface area contributed by atoms with Crippen LogP contribution in [0.1, 0.15) is 35.8 Å². The Hall–Kier alpha value is -1.36. The van der Waals surface area contributed by atoms with E-state index in [0.717, 1.165) is 25.1 Å². The minimum absolute atomic E-state index is 0.0719. The molecule has 5 nitrogen and oxygen atoms in total. The van der Waals surface area contributed by atoms with Gasteiger partial charge in [-0.25, -0.2) is 0 Å². The van der Waals surface area contributed by atoms with Crippen LogP contribution < -0.4 is 5.73 Å². The van der Waals surface area contributed by atoms with Crippen molar-refractivity contribution in [1.29, 1.82) is 0 Å². The Bertz CT molecular complexity index is 440. The van der Waals surface area contributed by atoms with Gasteiger partial charge < -0.3 is 10.6 Å². The summed E-state index contributed by atoms with van der Waals surface area (Å²) in [4.78, 5) is 14.5. The second kappa shape index (κ2) is 5.10. The molecule has 2 atom stereocenters. The van der Waals surface area contributed by atoms with Gasteiger partial charge in [0, 0.05) is 32.4 Å². The lowest BCUT2D eigenvalue weighted by Crippen LogP contribution is -2.51. The zero-order valence-electron chi connectivity index (χ0n) is 11.4. The number of carbonyl (C=O) groups excluding carboxylic acids is 1. The average Bonchev–Trinajstić information content (AvgIpc) is 2.67. The van der Waals surface area contributed by atoms with E-state index < -0.39 is 0 Å². The first-order chi connectivity index (χ1) is 8.54. The van der Waals surface area contributed by atoms with Crippen LogP contribution in [0.25, 0.3) is 0 Å². The van der Waals surface area contributed by atoms with Crippen molar-refractivity contribution in [2.45, 2.75) is 32.7 Å². The van der Waals surface area contributed by atoms with Crippen LogP contribution in [0.2, 0.25) is 0 Å². The Morgan fingerprint density at radius 2 is 2.33 bits per heavy atom. The van der Waals surface area contributed by atoms with Crippen molar-refractivity contribution < 1.29 is 4.79 Å². The highest BCUT2D eigenvalue weighted by atomic mass is 16.2. The molecule has 0 aromatic carbocycles. The van der Waals surface area contributed by atoms with Gasteiger partial charge in [0.1, 0.15) is 0 Å². The Morgan fingerprint density at radius 3 is 2.89 bits per heavy atom. The predicted molar refractivity (Wildman–Crippen MR) is 70.2 cm³/mol. The molecular weight excluding hydrogens is 228 g/mol. The van der Waals surface area contributed by atoms with E-state index in [1.54, 1.807) is 10.9 Å². The number of hydrogen-bond acceptors (Lipinski definition) is 3. The fourth-order valence-corrected chi connectivity index (χ4v) is 2.82. The third kappa shape index (κ3) is 2.27. The van der Waals surface area contributed by atoms with Crippen LogP contribution in [0, 0.1) is 12.8 Å². The van der Waals surface area contributed by atoms with Crippen molar-refractivity contribution in [3.05, 3.63) is 17.5 Å². The van der Waals surface area contributed by atoms with Crippen LogP contribution in [-0.2, 0) is 7.05 Å². The smallest absolute Gasteiger partial charge is 0.257 e. The quantitative estimate of drug-likeness (QED) is 0.849. The standard InChI is InChI=1S/C13H22N4O/c1-9-5-4-6-17(12(9)7-14)13(18)11-8-16(3)15-10(11)2/h8-9,12H,4-7,14H2,1-3H3. The van der Waals surface area contributed by atoms with Crippen LogP contribution in [-0.4, -0.2) is 39.7 Å². The van der Waals surface area contributed by atoms with E-state index >= 15 is 0 Å². The summed E-state index contributed by atoms with van der Waals surface area (Å²) in [5.41, 5.74) is 7.32. The number of hydrogen-bond donors (Lipinski definition) is 1. The normalized spacial score (nSPS) is 24.3. The lowest BCUT2D eigenvalue weighted by molar-refractivity contribution is 0.0532. The highest BCUT2D eigenvalue weighted by Crippen LogP contribution is 2.24. The number of nitrogens with zero attached hydrogens (tertiary/aromatic N) is 3. The zero-order chi connectivity index (χ0) is 13.3. The second-order valence-electron chi connectivity index (χ2n) is 5.22. The summed E-state index contributed by atoms with van der Waals surface area (Å²) >= 11 is 0. The van der Waals surface area contributed by atoms with Gasteiger partial charge in [0.25, 0.3) is 5.91 Å². The summed E-state index contributed by atoms with van der Waals surface area (Å²) in [6.45, 7) is 5.39. The Balaban J connectivity index is 2.24.